The number of aryl methyl sites for hydroxylation is 1. The second-order valence-corrected chi connectivity index (χ2v) is 7.16. The third-order valence-electron chi connectivity index (χ3n) is 4.72. The van der Waals surface area contributed by atoms with Crippen molar-refractivity contribution in [3.05, 3.63) is 83.6 Å². The van der Waals surface area contributed by atoms with Gasteiger partial charge in [0, 0.05) is 11.6 Å². The van der Waals surface area contributed by atoms with Gasteiger partial charge in [0.05, 0.1) is 5.54 Å². The molecule has 2 aromatic carbocycles. The van der Waals surface area contributed by atoms with E-state index in [2.05, 4.69) is 60.3 Å². The third-order valence-corrected chi connectivity index (χ3v) is 4.72. The van der Waals surface area contributed by atoms with Crippen molar-refractivity contribution in [1.29, 1.82) is 0 Å². The Balaban J connectivity index is 2.47. The highest BCUT2D eigenvalue weighted by atomic mass is 16.6. The Bertz CT molecular complexity index is 808. The van der Waals surface area contributed by atoms with E-state index < -0.39 is 5.54 Å². The standard InChI is InChI=1S/C23H28N2O2/c1-18-11-13-21(14-12-18)22(24-27-16-15-19(2)26)23(3,25(4)5)17-20-9-7-6-8-10-20/h6-16H,17H2,1-5H3/b16-15-,24-22+. The molecule has 0 N–H and O–H groups in total. The molecule has 4 nitrogen and oxygen atoms in total. The monoisotopic (exact) mass is 364 g/mol. The lowest BCUT2D eigenvalue weighted by Crippen LogP contribution is -2.50. The molecule has 0 aliphatic rings. The number of rotatable bonds is 8. The van der Waals surface area contributed by atoms with Crippen LogP contribution in [0, 0.1) is 6.92 Å². The SMILES string of the molecule is CC(=O)/C=C\O/N=C(\c1ccc(C)cc1)C(C)(Cc1ccccc1)N(C)C. The van der Waals surface area contributed by atoms with Crippen molar-refractivity contribution >= 4 is 11.5 Å². The molecule has 27 heavy (non-hydrogen) atoms. The van der Waals surface area contributed by atoms with E-state index in [1.807, 2.05) is 32.3 Å². The summed E-state index contributed by atoms with van der Waals surface area (Å²) in [5.41, 5.74) is 3.80. The molecule has 0 fully saturated rings. The third kappa shape index (κ3) is 5.63. The van der Waals surface area contributed by atoms with Crippen LogP contribution in [0.3, 0.4) is 0 Å². The molecule has 1 unspecified atom stereocenters. The molecule has 0 aliphatic heterocycles. The minimum Gasteiger partial charge on any atom is -0.364 e. The number of ketones is 1. The molecule has 0 aromatic heterocycles. The zero-order valence-electron chi connectivity index (χ0n) is 16.8. The highest BCUT2D eigenvalue weighted by Gasteiger charge is 2.35. The normalized spacial score (nSPS) is 14.4. The van der Waals surface area contributed by atoms with E-state index in [9.17, 15) is 4.79 Å². The molecule has 142 valence electrons. The first-order chi connectivity index (χ1) is 12.8. The Hall–Kier alpha value is -2.72. The van der Waals surface area contributed by atoms with Gasteiger partial charge in [0.25, 0.3) is 0 Å². The van der Waals surface area contributed by atoms with E-state index in [0.29, 0.717) is 0 Å². The van der Waals surface area contributed by atoms with Crippen molar-refractivity contribution in [2.24, 2.45) is 5.16 Å². The van der Waals surface area contributed by atoms with Gasteiger partial charge in [-0.3, -0.25) is 9.69 Å². The summed E-state index contributed by atoms with van der Waals surface area (Å²) in [5, 5.41) is 4.42. The second-order valence-electron chi connectivity index (χ2n) is 7.16. The van der Waals surface area contributed by atoms with Crippen molar-refractivity contribution in [3.63, 3.8) is 0 Å². The van der Waals surface area contributed by atoms with Crippen LogP contribution in [0.25, 0.3) is 0 Å². The van der Waals surface area contributed by atoms with Gasteiger partial charge in [-0.15, -0.1) is 0 Å². The number of allylic oxidation sites excluding steroid dienone is 1. The molecule has 0 amide bonds. The summed E-state index contributed by atoms with van der Waals surface area (Å²) in [6.45, 7) is 5.68. The zero-order chi connectivity index (χ0) is 19.9. The average Bonchev–Trinajstić information content (AvgIpc) is 2.63. The van der Waals surface area contributed by atoms with Gasteiger partial charge in [-0.2, -0.15) is 0 Å². The molecule has 0 radical (unpaired) electrons. The van der Waals surface area contributed by atoms with Gasteiger partial charge in [-0.05, 0) is 46.9 Å². The first-order valence-corrected chi connectivity index (χ1v) is 9.03. The zero-order valence-corrected chi connectivity index (χ0v) is 16.8. The largest absolute Gasteiger partial charge is 0.364 e. The number of nitrogens with zero attached hydrogens (tertiary/aromatic N) is 2. The first kappa shape index (κ1) is 20.6. The predicted molar refractivity (Wildman–Crippen MR) is 111 cm³/mol. The van der Waals surface area contributed by atoms with Gasteiger partial charge >= 0.3 is 0 Å². The van der Waals surface area contributed by atoms with Crippen molar-refractivity contribution in [2.45, 2.75) is 32.7 Å². The number of likely N-dealkylation sites (N-methyl/N-ethyl adjacent to an activating group) is 1. The molecule has 0 spiro atoms. The lowest BCUT2D eigenvalue weighted by molar-refractivity contribution is -0.112. The molecule has 4 heteroatoms. The van der Waals surface area contributed by atoms with Gasteiger partial charge in [-0.25, -0.2) is 0 Å². The molecular weight excluding hydrogens is 336 g/mol. The summed E-state index contributed by atoms with van der Waals surface area (Å²) in [6, 6.07) is 18.6. The Kier molecular flexibility index (Phi) is 7.08. The minimum absolute atomic E-state index is 0.0817. The predicted octanol–water partition coefficient (Wildman–Crippen LogP) is 4.38. The van der Waals surface area contributed by atoms with Crippen LogP contribution >= 0.6 is 0 Å². The lowest BCUT2D eigenvalue weighted by atomic mass is 9.83. The molecule has 0 heterocycles. The van der Waals surface area contributed by atoms with Gasteiger partial charge < -0.3 is 4.84 Å². The van der Waals surface area contributed by atoms with Crippen LogP contribution in [0.2, 0.25) is 0 Å². The number of benzene rings is 2. The number of carbonyl (C=O) groups excluding carboxylic acids is 1. The number of oxime groups is 1. The molecule has 0 aliphatic carbocycles. The fourth-order valence-electron chi connectivity index (χ4n) is 2.83. The summed E-state index contributed by atoms with van der Waals surface area (Å²) in [4.78, 5) is 18.7. The highest BCUT2D eigenvalue weighted by Crippen LogP contribution is 2.25. The molecule has 0 saturated heterocycles. The molecule has 2 aromatic rings. The van der Waals surface area contributed by atoms with E-state index in [1.165, 1.54) is 30.4 Å². The van der Waals surface area contributed by atoms with Crippen LogP contribution in [0.15, 0.2) is 72.1 Å². The Morgan fingerprint density at radius 3 is 2.30 bits per heavy atom. The molecule has 0 bridgehead atoms. The smallest absolute Gasteiger partial charge is 0.155 e. The molecule has 2 rings (SSSR count). The van der Waals surface area contributed by atoms with Crippen molar-refractivity contribution in [2.75, 3.05) is 14.1 Å². The van der Waals surface area contributed by atoms with Gasteiger partial charge in [0.1, 0.15) is 12.0 Å². The summed E-state index contributed by atoms with van der Waals surface area (Å²) >= 11 is 0. The van der Waals surface area contributed by atoms with Crippen LogP contribution in [0.5, 0.6) is 0 Å². The van der Waals surface area contributed by atoms with Crippen LogP contribution in [0.4, 0.5) is 0 Å². The van der Waals surface area contributed by atoms with E-state index in [0.717, 1.165) is 17.7 Å². The van der Waals surface area contributed by atoms with Crippen LogP contribution in [-0.4, -0.2) is 36.0 Å². The van der Waals surface area contributed by atoms with Gasteiger partial charge in [0.2, 0.25) is 0 Å². The summed E-state index contributed by atoms with van der Waals surface area (Å²) in [7, 11) is 4.08. The molecule has 0 saturated carbocycles. The quantitative estimate of drug-likeness (QED) is 0.302. The van der Waals surface area contributed by atoms with Gasteiger partial charge in [-0.1, -0.05) is 65.3 Å². The van der Waals surface area contributed by atoms with Crippen molar-refractivity contribution < 1.29 is 9.63 Å². The number of carbonyl (C=O) groups is 1. The number of hydrogen-bond donors (Lipinski definition) is 0. The Labute approximate surface area is 162 Å². The maximum atomic E-state index is 11.1. The number of hydrogen-bond acceptors (Lipinski definition) is 4. The Morgan fingerprint density at radius 2 is 1.74 bits per heavy atom. The second kappa shape index (κ2) is 9.28. The topological polar surface area (TPSA) is 41.9 Å². The lowest BCUT2D eigenvalue weighted by Gasteiger charge is -2.37. The fourth-order valence-corrected chi connectivity index (χ4v) is 2.83. The van der Waals surface area contributed by atoms with Crippen LogP contribution < -0.4 is 0 Å². The van der Waals surface area contributed by atoms with E-state index >= 15 is 0 Å². The van der Waals surface area contributed by atoms with Crippen molar-refractivity contribution in [1.82, 2.24) is 4.90 Å². The summed E-state index contributed by atoms with van der Waals surface area (Å²) < 4.78 is 0. The highest BCUT2D eigenvalue weighted by molar-refractivity contribution is 6.07. The van der Waals surface area contributed by atoms with E-state index in [4.69, 9.17) is 4.84 Å². The molecular formula is C23H28N2O2. The minimum atomic E-state index is -0.402. The fraction of sp³-hybridized carbons (Fsp3) is 0.304. The average molecular weight is 364 g/mol. The Morgan fingerprint density at radius 1 is 1.11 bits per heavy atom. The maximum absolute atomic E-state index is 11.1. The summed E-state index contributed by atoms with van der Waals surface area (Å²) in [5.74, 6) is -0.0817. The van der Waals surface area contributed by atoms with Crippen LogP contribution in [0.1, 0.15) is 30.5 Å². The first-order valence-electron chi connectivity index (χ1n) is 9.03. The molecule has 1 atom stereocenters. The van der Waals surface area contributed by atoms with E-state index in [-0.39, 0.29) is 5.78 Å². The van der Waals surface area contributed by atoms with Crippen molar-refractivity contribution in [3.8, 4) is 0 Å². The maximum Gasteiger partial charge on any atom is 0.155 e. The summed E-state index contributed by atoms with van der Waals surface area (Å²) in [6.07, 6.45) is 3.46. The van der Waals surface area contributed by atoms with E-state index in [1.54, 1.807) is 0 Å². The van der Waals surface area contributed by atoms with Crippen LogP contribution in [-0.2, 0) is 16.1 Å². The van der Waals surface area contributed by atoms with Gasteiger partial charge in [0.15, 0.2) is 5.78 Å².